The smallest absolute Gasteiger partial charge is 0.171 e. The molecule has 0 aliphatic rings. The van der Waals surface area contributed by atoms with Crippen molar-refractivity contribution in [2.45, 2.75) is 0 Å². The molecule has 0 bridgehead atoms. The van der Waals surface area contributed by atoms with E-state index in [-0.39, 0.29) is 0 Å². The van der Waals surface area contributed by atoms with Crippen LogP contribution in [-0.2, 0) is 9.13 Å². The van der Waals surface area contributed by atoms with Crippen molar-refractivity contribution in [3.05, 3.63) is 199 Å². The zero-order chi connectivity index (χ0) is 36.3. The number of hydrogen-bond donors (Lipinski definition) is 0. The van der Waals surface area contributed by atoms with Gasteiger partial charge in [-0.15, -0.1) is 0 Å². The van der Waals surface area contributed by atoms with Crippen LogP contribution in [0, 0.1) is 0 Å². The first kappa shape index (κ1) is 34.6. The maximum atomic E-state index is 15.3. The summed E-state index contributed by atoms with van der Waals surface area (Å²) < 4.78 is 31.5. The van der Waals surface area contributed by atoms with Crippen molar-refractivity contribution < 1.29 is 9.13 Å². The highest BCUT2D eigenvalue weighted by Gasteiger charge is 2.31. The minimum atomic E-state index is -3.26. The van der Waals surface area contributed by atoms with Gasteiger partial charge in [-0.25, -0.2) is 15.0 Å². The highest BCUT2D eigenvalue weighted by atomic mass is 79.9. The van der Waals surface area contributed by atoms with Crippen LogP contribution in [0.3, 0.4) is 0 Å². The second-order valence-electron chi connectivity index (χ2n) is 12.5. The second-order valence-corrected chi connectivity index (χ2v) is 18.9. The fraction of sp³-hybridized carbons (Fsp3) is 0. The lowest BCUT2D eigenvalue weighted by Gasteiger charge is -2.21. The first-order chi connectivity index (χ1) is 25.9. The molecule has 1 heterocycles. The van der Waals surface area contributed by atoms with E-state index in [9.17, 15) is 0 Å². The first-order valence-electron chi connectivity index (χ1n) is 17.1. The fourth-order valence-electron chi connectivity index (χ4n) is 6.52. The van der Waals surface area contributed by atoms with Crippen LogP contribution in [0.15, 0.2) is 199 Å². The standard InChI is InChI=1S/C45H32BrN3O2P2/c46-36-19-13-16-33(30-36)43-47-44(34-17-14-28-41(31-34)52(50,37-20-5-1-6-21-37)38-22-7-2-8-23-38)49-45(48-43)35-18-15-29-42(32-35)53(51,39-24-9-3-10-25-39)40-26-11-4-12-27-40/h1-32H. The molecule has 0 radical (unpaired) electrons. The molecule has 0 amide bonds. The summed E-state index contributed by atoms with van der Waals surface area (Å²) in [7, 11) is -6.52. The SMILES string of the molecule is O=P(c1ccccc1)(c1ccccc1)c1cccc(-c2nc(-c3cccc(Br)c3)nc(-c3cccc(P(=O)(c4ccccc4)c4ccccc4)c3)n2)c1. The number of benzene rings is 7. The fourth-order valence-corrected chi connectivity index (χ4v) is 12.3. The van der Waals surface area contributed by atoms with Crippen molar-refractivity contribution >= 4 is 62.0 Å². The summed E-state index contributed by atoms with van der Waals surface area (Å²) in [5.74, 6) is 1.34. The molecule has 0 unspecified atom stereocenters. The Morgan fingerprint density at radius 3 is 0.925 bits per heavy atom. The highest BCUT2D eigenvalue weighted by Crippen LogP contribution is 2.44. The number of nitrogens with zero attached hydrogens (tertiary/aromatic N) is 3. The maximum absolute atomic E-state index is 15.3. The molecule has 5 nitrogen and oxygen atoms in total. The van der Waals surface area contributed by atoms with Gasteiger partial charge in [0, 0.05) is 53.0 Å². The Morgan fingerprint density at radius 1 is 0.321 bits per heavy atom. The summed E-state index contributed by atoms with van der Waals surface area (Å²) in [6, 6.07) is 61.6. The molecule has 256 valence electrons. The normalized spacial score (nSPS) is 11.6. The number of rotatable bonds is 9. The molecule has 8 aromatic rings. The van der Waals surface area contributed by atoms with E-state index in [2.05, 4.69) is 15.9 Å². The van der Waals surface area contributed by atoms with E-state index in [1.54, 1.807) is 0 Å². The summed E-state index contributed by atoms with van der Waals surface area (Å²) in [6.07, 6.45) is 0. The van der Waals surface area contributed by atoms with Gasteiger partial charge in [-0.1, -0.05) is 186 Å². The second kappa shape index (κ2) is 14.8. The first-order valence-corrected chi connectivity index (χ1v) is 21.3. The van der Waals surface area contributed by atoms with Gasteiger partial charge in [0.2, 0.25) is 0 Å². The molecule has 0 fully saturated rings. The highest BCUT2D eigenvalue weighted by molar-refractivity contribution is 9.10. The van der Waals surface area contributed by atoms with Crippen molar-refractivity contribution in [1.29, 1.82) is 0 Å². The zero-order valence-corrected chi connectivity index (χ0v) is 31.8. The summed E-state index contributed by atoms with van der Waals surface area (Å²) in [6.45, 7) is 0. The van der Waals surface area contributed by atoms with Gasteiger partial charge in [-0.2, -0.15) is 0 Å². The third-order valence-corrected chi connectivity index (χ3v) is 15.7. The Morgan fingerprint density at radius 2 is 0.604 bits per heavy atom. The molecule has 0 saturated carbocycles. The van der Waals surface area contributed by atoms with Crippen LogP contribution in [-0.4, -0.2) is 15.0 Å². The van der Waals surface area contributed by atoms with Crippen LogP contribution in [0.4, 0.5) is 0 Å². The molecule has 8 heteroatoms. The van der Waals surface area contributed by atoms with Crippen molar-refractivity contribution in [3.8, 4) is 34.2 Å². The lowest BCUT2D eigenvalue weighted by atomic mass is 10.1. The summed E-state index contributed by atoms with van der Waals surface area (Å²) in [4.78, 5) is 15.0. The summed E-state index contributed by atoms with van der Waals surface area (Å²) >= 11 is 3.60. The van der Waals surface area contributed by atoms with Gasteiger partial charge >= 0.3 is 0 Å². The average Bonchev–Trinajstić information content (AvgIpc) is 3.24. The Hall–Kier alpha value is -5.51. The summed E-state index contributed by atoms with van der Waals surface area (Å²) in [5.41, 5.74) is 2.20. The van der Waals surface area contributed by atoms with Gasteiger partial charge in [0.05, 0.1) is 0 Å². The zero-order valence-electron chi connectivity index (χ0n) is 28.4. The van der Waals surface area contributed by atoms with Crippen LogP contribution in [0.25, 0.3) is 34.2 Å². The maximum Gasteiger partial charge on any atom is 0.171 e. The van der Waals surface area contributed by atoms with E-state index < -0.39 is 14.3 Å². The van der Waals surface area contributed by atoms with Crippen LogP contribution in [0.2, 0.25) is 0 Å². The van der Waals surface area contributed by atoms with Gasteiger partial charge < -0.3 is 9.13 Å². The van der Waals surface area contributed by atoms with Gasteiger partial charge in [-0.3, -0.25) is 0 Å². The minimum absolute atomic E-state index is 0.430. The van der Waals surface area contributed by atoms with Gasteiger partial charge in [0.1, 0.15) is 0 Å². The van der Waals surface area contributed by atoms with Gasteiger partial charge in [0.25, 0.3) is 0 Å². The van der Waals surface area contributed by atoms with E-state index in [0.29, 0.717) is 39.2 Å². The molecule has 0 aliphatic carbocycles. The van der Waals surface area contributed by atoms with Gasteiger partial charge in [-0.05, 0) is 24.3 Å². The molecule has 0 atom stereocenters. The lowest BCUT2D eigenvalue weighted by molar-refractivity contribution is 0.591. The predicted octanol–water partition coefficient (Wildman–Crippen LogP) is 8.91. The number of halogens is 1. The third kappa shape index (κ3) is 6.78. The molecule has 0 N–H and O–H groups in total. The third-order valence-electron chi connectivity index (χ3n) is 9.13. The van der Waals surface area contributed by atoms with Crippen LogP contribution >= 0.6 is 30.2 Å². The number of hydrogen-bond acceptors (Lipinski definition) is 5. The largest absolute Gasteiger partial charge is 0.309 e. The molecule has 8 rings (SSSR count). The van der Waals surface area contributed by atoms with Crippen molar-refractivity contribution in [2.24, 2.45) is 0 Å². The van der Waals surface area contributed by atoms with Crippen molar-refractivity contribution in [3.63, 3.8) is 0 Å². The van der Waals surface area contributed by atoms with Crippen LogP contribution < -0.4 is 31.8 Å². The molecular weight excluding hydrogens is 756 g/mol. The molecule has 1 aromatic heterocycles. The average molecular weight is 789 g/mol. The van der Waals surface area contributed by atoms with Crippen molar-refractivity contribution in [1.82, 2.24) is 15.0 Å². The van der Waals surface area contributed by atoms with E-state index in [0.717, 1.165) is 31.3 Å². The molecule has 53 heavy (non-hydrogen) atoms. The Bertz CT molecular complexity index is 2400. The molecule has 7 aromatic carbocycles. The molecular formula is C45H32BrN3O2P2. The topological polar surface area (TPSA) is 72.8 Å². The lowest BCUT2D eigenvalue weighted by Crippen LogP contribution is -2.25. The Labute approximate surface area is 317 Å². The summed E-state index contributed by atoms with van der Waals surface area (Å²) in [5, 5.41) is 4.32. The van der Waals surface area contributed by atoms with Crippen LogP contribution in [0.5, 0.6) is 0 Å². The predicted molar refractivity (Wildman–Crippen MR) is 223 cm³/mol. The van der Waals surface area contributed by atoms with E-state index in [4.69, 9.17) is 15.0 Å². The molecule has 0 spiro atoms. The van der Waals surface area contributed by atoms with Crippen LogP contribution in [0.1, 0.15) is 0 Å². The Kier molecular flexibility index (Phi) is 9.69. The quantitative estimate of drug-likeness (QED) is 0.137. The minimum Gasteiger partial charge on any atom is -0.309 e. The van der Waals surface area contributed by atoms with E-state index in [1.165, 1.54) is 0 Å². The number of aromatic nitrogens is 3. The van der Waals surface area contributed by atoms with E-state index >= 15 is 9.13 Å². The van der Waals surface area contributed by atoms with Crippen molar-refractivity contribution in [2.75, 3.05) is 0 Å². The van der Waals surface area contributed by atoms with Gasteiger partial charge in [0.15, 0.2) is 31.8 Å². The Balaban J connectivity index is 1.31. The van der Waals surface area contributed by atoms with E-state index in [1.807, 2.05) is 194 Å². The monoisotopic (exact) mass is 787 g/mol. The molecule has 0 aliphatic heterocycles. The molecule has 0 saturated heterocycles.